The van der Waals surface area contributed by atoms with E-state index in [1.165, 1.54) is 0 Å². The molecule has 0 spiro atoms. The first-order chi connectivity index (χ1) is 20.8. The molecule has 0 saturated carbocycles. The molecular formula is C38H23N3O. The predicted molar refractivity (Wildman–Crippen MR) is 169 cm³/mol. The number of imidazole rings is 1. The van der Waals surface area contributed by atoms with Crippen LogP contribution in [0.2, 0.25) is 0 Å². The van der Waals surface area contributed by atoms with E-state index in [1.807, 2.05) is 48.5 Å². The van der Waals surface area contributed by atoms with E-state index < -0.39 is 0 Å². The van der Waals surface area contributed by atoms with Crippen LogP contribution in [-0.2, 0) is 0 Å². The Labute approximate surface area is 242 Å². The lowest BCUT2D eigenvalue weighted by Gasteiger charge is -2.10. The highest BCUT2D eigenvalue weighted by Gasteiger charge is 2.16. The Morgan fingerprint density at radius 3 is 2.12 bits per heavy atom. The van der Waals surface area contributed by atoms with Gasteiger partial charge in [-0.05, 0) is 76.9 Å². The first-order valence-electron chi connectivity index (χ1n) is 13.9. The zero-order valence-corrected chi connectivity index (χ0v) is 22.5. The van der Waals surface area contributed by atoms with Crippen LogP contribution >= 0.6 is 0 Å². The van der Waals surface area contributed by atoms with E-state index in [0.717, 1.165) is 72.3 Å². The maximum atomic E-state index is 9.23. The van der Waals surface area contributed by atoms with Crippen molar-refractivity contribution >= 4 is 33.0 Å². The summed E-state index contributed by atoms with van der Waals surface area (Å²) in [5, 5.41) is 11.4. The molecule has 196 valence electrons. The second kappa shape index (κ2) is 9.62. The van der Waals surface area contributed by atoms with Gasteiger partial charge in [0, 0.05) is 22.0 Å². The van der Waals surface area contributed by atoms with Crippen LogP contribution in [0.15, 0.2) is 144 Å². The zero-order valence-electron chi connectivity index (χ0n) is 22.5. The minimum atomic E-state index is 0.646. The van der Waals surface area contributed by atoms with E-state index in [1.54, 1.807) is 0 Å². The van der Waals surface area contributed by atoms with Crippen molar-refractivity contribution in [3.05, 3.63) is 145 Å². The summed E-state index contributed by atoms with van der Waals surface area (Å²) in [6, 6.07) is 49.7. The summed E-state index contributed by atoms with van der Waals surface area (Å²) in [7, 11) is 0. The summed E-state index contributed by atoms with van der Waals surface area (Å²) in [6.45, 7) is 0. The summed E-state index contributed by atoms with van der Waals surface area (Å²) in [4.78, 5) is 5.01. The van der Waals surface area contributed by atoms with Gasteiger partial charge in [-0.15, -0.1) is 0 Å². The molecule has 2 heterocycles. The Kier molecular flexibility index (Phi) is 5.48. The molecule has 0 aliphatic heterocycles. The third-order valence-electron chi connectivity index (χ3n) is 7.87. The SMILES string of the molecule is N#Cc1ccc(-c2cccc3oc4ccc(-c5ccc(-c6nc7ccccc7n6-c6ccccc6)cc5)cc4c23)cc1. The van der Waals surface area contributed by atoms with Crippen LogP contribution in [0.5, 0.6) is 0 Å². The van der Waals surface area contributed by atoms with Crippen LogP contribution in [0.1, 0.15) is 5.56 Å². The van der Waals surface area contributed by atoms with Gasteiger partial charge >= 0.3 is 0 Å². The molecule has 0 aliphatic rings. The Morgan fingerprint density at radius 1 is 0.595 bits per heavy atom. The Hall–Kier alpha value is -5.92. The number of fused-ring (bicyclic) bond motifs is 4. The van der Waals surface area contributed by atoms with Gasteiger partial charge in [-0.1, -0.05) is 84.9 Å². The van der Waals surface area contributed by atoms with E-state index in [-0.39, 0.29) is 0 Å². The largest absolute Gasteiger partial charge is 0.456 e. The first-order valence-corrected chi connectivity index (χ1v) is 13.9. The molecule has 0 amide bonds. The van der Waals surface area contributed by atoms with Crippen molar-refractivity contribution in [2.24, 2.45) is 0 Å². The van der Waals surface area contributed by atoms with Gasteiger partial charge in [0.1, 0.15) is 17.0 Å². The van der Waals surface area contributed by atoms with Crippen molar-refractivity contribution < 1.29 is 4.42 Å². The first kappa shape index (κ1) is 23.9. The fraction of sp³-hybridized carbons (Fsp3) is 0. The van der Waals surface area contributed by atoms with Crippen LogP contribution in [0.25, 0.3) is 72.3 Å². The summed E-state index contributed by atoms with van der Waals surface area (Å²) in [5.41, 5.74) is 10.9. The third-order valence-corrected chi connectivity index (χ3v) is 7.87. The normalized spacial score (nSPS) is 11.3. The number of aromatic nitrogens is 2. The van der Waals surface area contributed by atoms with Crippen LogP contribution < -0.4 is 0 Å². The molecule has 4 nitrogen and oxygen atoms in total. The average Bonchev–Trinajstić information content (AvgIpc) is 3.64. The Morgan fingerprint density at radius 2 is 1.31 bits per heavy atom. The lowest BCUT2D eigenvalue weighted by atomic mass is 9.96. The molecule has 0 saturated heterocycles. The van der Waals surface area contributed by atoms with Gasteiger partial charge in [-0.25, -0.2) is 4.98 Å². The minimum absolute atomic E-state index is 0.646. The summed E-state index contributed by atoms with van der Waals surface area (Å²) in [5.74, 6) is 0.914. The summed E-state index contributed by atoms with van der Waals surface area (Å²) in [6.07, 6.45) is 0. The van der Waals surface area contributed by atoms with Gasteiger partial charge in [0.05, 0.1) is 22.7 Å². The predicted octanol–water partition coefficient (Wildman–Crippen LogP) is 9.80. The Balaban J connectivity index is 1.23. The van der Waals surface area contributed by atoms with Gasteiger partial charge < -0.3 is 4.42 Å². The van der Waals surface area contributed by atoms with Crippen molar-refractivity contribution in [1.29, 1.82) is 5.26 Å². The Bertz CT molecular complexity index is 2280. The third kappa shape index (κ3) is 3.88. The second-order valence-corrected chi connectivity index (χ2v) is 10.4. The number of hydrogen-bond donors (Lipinski definition) is 0. The molecule has 42 heavy (non-hydrogen) atoms. The van der Waals surface area contributed by atoms with Gasteiger partial charge in [0.2, 0.25) is 0 Å². The average molecular weight is 538 g/mol. The molecule has 4 heteroatoms. The quantitative estimate of drug-likeness (QED) is 0.224. The number of para-hydroxylation sites is 3. The maximum Gasteiger partial charge on any atom is 0.145 e. The fourth-order valence-electron chi connectivity index (χ4n) is 5.84. The number of nitrogens with zero attached hydrogens (tertiary/aromatic N) is 3. The number of hydrogen-bond acceptors (Lipinski definition) is 3. The van der Waals surface area contributed by atoms with Crippen LogP contribution in [-0.4, -0.2) is 9.55 Å². The number of rotatable bonds is 4. The lowest BCUT2D eigenvalue weighted by Crippen LogP contribution is -1.97. The molecule has 0 N–H and O–H groups in total. The van der Waals surface area contributed by atoms with E-state index >= 15 is 0 Å². The lowest BCUT2D eigenvalue weighted by molar-refractivity contribution is 0.669. The van der Waals surface area contributed by atoms with Gasteiger partial charge in [-0.2, -0.15) is 5.26 Å². The standard InChI is InChI=1S/C38H23N3O/c39-24-25-13-15-27(16-14-25)31-9-6-12-36-37(31)32-23-29(21-22-35(32)42-36)26-17-19-28(20-18-26)38-40-33-10-4-5-11-34(33)41(38)30-7-2-1-3-8-30/h1-23H. The van der Waals surface area contributed by atoms with Crippen molar-refractivity contribution in [3.8, 4) is 45.4 Å². The van der Waals surface area contributed by atoms with Crippen molar-refractivity contribution in [3.63, 3.8) is 0 Å². The molecule has 0 fully saturated rings. The molecular weight excluding hydrogens is 514 g/mol. The molecule has 6 aromatic carbocycles. The smallest absolute Gasteiger partial charge is 0.145 e. The monoisotopic (exact) mass is 537 g/mol. The van der Waals surface area contributed by atoms with Crippen LogP contribution in [0.4, 0.5) is 0 Å². The molecule has 0 bridgehead atoms. The number of nitriles is 1. The molecule has 8 rings (SSSR count). The second-order valence-electron chi connectivity index (χ2n) is 10.4. The van der Waals surface area contributed by atoms with Gasteiger partial charge in [-0.3, -0.25) is 4.57 Å². The summed E-state index contributed by atoms with van der Waals surface area (Å²) < 4.78 is 8.47. The van der Waals surface area contributed by atoms with Crippen LogP contribution in [0.3, 0.4) is 0 Å². The number of benzene rings is 6. The molecule has 0 aliphatic carbocycles. The topological polar surface area (TPSA) is 54.8 Å². The molecule has 0 unspecified atom stereocenters. The highest BCUT2D eigenvalue weighted by Crippen LogP contribution is 2.39. The van der Waals surface area contributed by atoms with Gasteiger partial charge in [0.25, 0.3) is 0 Å². The maximum absolute atomic E-state index is 9.23. The fourth-order valence-corrected chi connectivity index (χ4v) is 5.84. The number of furan rings is 1. The van der Waals surface area contributed by atoms with Crippen molar-refractivity contribution in [2.45, 2.75) is 0 Å². The van der Waals surface area contributed by atoms with E-state index in [0.29, 0.717) is 5.56 Å². The van der Waals surface area contributed by atoms with E-state index in [9.17, 15) is 5.26 Å². The zero-order chi connectivity index (χ0) is 28.0. The van der Waals surface area contributed by atoms with E-state index in [4.69, 9.17) is 9.40 Å². The highest BCUT2D eigenvalue weighted by atomic mass is 16.3. The molecule has 0 radical (unpaired) electrons. The van der Waals surface area contributed by atoms with Gasteiger partial charge in [0.15, 0.2) is 0 Å². The van der Waals surface area contributed by atoms with Crippen molar-refractivity contribution in [1.82, 2.24) is 9.55 Å². The summed E-state index contributed by atoms with van der Waals surface area (Å²) >= 11 is 0. The van der Waals surface area contributed by atoms with E-state index in [2.05, 4.69) is 102 Å². The minimum Gasteiger partial charge on any atom is -0.456 e. The molecule has 8 aromatic rings. The van der Waals surface area contributed by atoms with Crippen LogP contribution in [0, 0.1) is 11.3 Å². The molecule has 2 aromatic heterocycles. The van der Waals surface area contributed by atoms with Crippen molar-refractivity contribution in [2.75, 3.05) is 0 Å². The molecule has 0 atom stereocenters. The highest BCUT2D eigenvalue weighted by molar-refractivity contribution is 6.13.